The number of carboxylic acid groups (broad SMARTS) is 1. The molecule has 0 unspecified atom stereocenters. The van der Waals surface area contributed by atoms with E-state index >= 15 is 0 Å². The Balaban J connectivity index is 1.49. The Bertz CT molecular complexity index is 1430. The smallest absolute Gasteiger partial charge is 0.407 e. The van der Waals surface area contributed by atoms with E-state index in [1.165, 1.54) is 16.2 Å². The van der Waals surface area contributed by atoms with Gasteiger partial charge in [-0.15, -0.1) is 0 Å². The molecule has 12 heteroatoms. The number of carbonyl (C=O) groups is 2. The van der Waals surface area contributed by atoms with Gasteiger partial charge in [0, 0.05) is 62.2 Å². The Labute approximate surface area is 216 Å². The standard InChI is InChI=1S/C25H25N7O4S/c1-2-26-22(33)31-23-30-19-12-15(11-17(20(19)37-23)18-5-3-4-8-27-18)16-13-28-21(29-14-16)25(36)6-9-32(10-7-25)24(34)35/h3-5,8,11-14,36H,2,6-7,9-10H2,1H3,(H,34,35)(H2,26,30,31,33). The van der Waals surface area contributed by atoms with E-state index in [1.807, 2.05) is 37.3 Å². The van der Waals surface area contributed by atoms with Crippen LogP contribution < -0.4 is 10.6 Å². The number of nitrogens with zero attached hydrogens (tertiary/aromatic N) is 5. The third-order valence-corrected chi connectivity index (χ3v) is 7.27. The Morgan fingerprint density at radius 2 is 1.86 bits per heavy atom. The number of aromatic nitrogens is 4. The molecule has 4 aromatic rings. The number of aliphatic hydroxyl groups is 1. The summed E-state index contributed by atoms with van der Waals surface area (Å²) in [6, 6.07) is 9.23. The molecule has 0 aliphatic carbocycles. The molecule has 0 saturated carbocycles. The molecular formula is C25H25N7O4S. The van der Waals surface area contributed by atoms with Gasteiger partial charge in [-0.2, -0.15) is 0 Å². The van der Waals surface area contributed by atoms with Crippen molar-refractivity contribution in [3.05, 3.63) is 54.7 Å². The summed E-state index contributed by atoms with van der Waals surface area (Å²) >= 11 is 1.37. The van der Waals surface area contributed by atoms with Crippen molar-refractivity contribution < 1.29 is 19.8 Å². The Kier molecular flexibility index (Phi) is 6.68. The fourth-order valence-corrected chi connectivity index (χ4v) is 5.24. The van der Waals surface area contributed by atoms with Gasteiger partial charge in [0.2, 0.25) is 0 Å². The second-order valence-electron chi connectivity index (χ2n) is 8.69. The van der Waals surface area contributed by atoms with E-state index in [2.05, 4.69) is 30.6 Å². The summed E-state index contributed by atoms with van der Waals surface area (Å²) in [5.41, 5.74) is 2.57. The summed E-state index contributed by atoms with van der Waals surface area (Å²) in [5.74, 6) is 0.273. The number of thiazole rings is 1. The predicted octanol–water partition coefficient (Wildman–Crippen LogP) is 3.92. The van der Waals surface area contributed by atoms with Crippen LogP contribution >= 0.6 is 11.3 Å². The minimum Gasteiger partial charge on any atom is -0.465 e. The minimum absolute atomic E-state index is 0.220. The third kappa shape index (κ3) is 5.06. The van der Waals surface area contributed by atoms with E-state index in [0.29, 0.717) is 17.2 Å². The number of carbonyl (C=O) groups excluding carboxylic acids is 1. The second-order valence-corrected chi connectivity index (χ2v) is 9.69. The third-order valence-electron chi connectivity index (χ3n) is 6.25. The van der Waals surface area contributed by atoms with Crippen LogP contribution in [-0.2, 0) is 5.60 Å². The van der Waals surface area contributed by atoms with Crippen LogP contribution in [0, 0.1) is 0 Å². The van der Waals surface area contributed by atoms with Crippen LogP contribution in [-0.4, -0.2) is 66.8 Å². The highest BCUT2D eigenvalue weighted by Crippen LogP contribution is 2.38. The molecule has 0 radical (unpaired) electrons. The van der Waals surface area contributed by atoms with Crippen molar-refractivity contribution in [2.75, 3.05) is 25.0 Å². The van der Waals surface area contributed by atoms with E-state index in [9.17, 15) is 19.8 Å². The van der Waals surface area contributed by atoms with Crippen LogP contribution in [0.25, 0.3) is 32.6 Å². The van der Waals surface area contributed by atoms with E-state index in [0.717, 1.165) is 27.1 Å². The molecule has 1 saturated heterocycles. The maximum atomic E-state index is 12.0. The monoisotopic (exact) mass is 519 g/mol. The summed E-state index contributed by atoms with van der Waals surface area (Å²) in [5, 5.41) is 26.2. The van der Waals surface area contributed by atoms with E-state index < -0.39 is 11.7 Å². The highest BCUT2D eigenvalue weighted by molar-refractivity contribution is 7.22. The SMILES string of the molecule is CCNC(=O)Nc1nc2cc(-c3cnc(C4(O)CCN(C(=O)O)CC4)nc3)cc(-c3ccccn3)c2s1. The molecule has 1 aliphatic heterocycles. The van der Waals surface area contributed by atoms with Gasteiger partial charge in [-0.05, 0) is 36.8 Å². The quantitative estimate of drug-likeness (QED) is 0.309. The first-order valence-electron chi connectivity index (χ1n) is 11.8. The van der Waals surface area contributed by atoms with Crippen LogP contribution in [0.5, 0.6) is 0 Å². The number of urea groups is 1. The molecule has 11 nitrogen and oxygen atoms in total. The number of fused-ring (bicyclic) bond motifs is 1. The van der Waals surface area contributed by atoms with Gasteiger partial charge in [-0.1, -0.05) is 17.4 Å². The van der Waals surface area contributed by atoms with Crippen molar-refractivity contribution in [2.45, 2.75) is 25.4 Å². The number of anilines is 1. The van der Waals surface area contributed by atoms with E-state index in [-0.39, 0.29) is 37.8 Å². The van der Waals surface area contributed by atoms with E-state index in [1.54, 1.807) is 18.6 Å². The summed E-state index contributed by atoms with van der Waals surface area (Å²) in [4.78, 5) is 42.5. The summed E-state index contributed by atoms with van der Waals surface area (Å²) in [7, 11) is 0. The predicted molar refractivity (Wildman–Crippen MR) is 139 cm³/mol. The largest absolute Gasteiger partial charge is 0.465 e. The normalized spacial score (nSPS) is 14.9. The van der Waals surface area contributed by atoms with Gasteiger partial charge in [-0.25, -0.2) is 24.5 Å². The molecule has 0 atom stereocenters. The topological polar surface area (TPSA) is 153 Å². The van der Waals surface area contributed by atoms with Gasteiger partial charge < -0.3 is 20.4 Å². The molecule has 1 aromatic carbocycles. The molecule has 3 aromatic heterocycles. The zero-order chi connectivity index (χ0) is 26.0. The lowest BCUT2D eigenvalue weighted by molar-refractivity contribution is -0.0283. The average Bonchev–Trinajstić information content (AvgIpc) is 3.31. The fraction of sp³-hybridized carbons (Fsp3) is 0.280. The van der Waals surface area contributed by atoms with Gasteiger partial charge in [0.05, 0.1) is 15.9 Å². The molecule has 0 spiro atoms. The number of nitrogens with one attached hydrogen (secondary N) is 2. The maximum Gasteiger partial charge on any atom is 0.407 e. The molecule has 1 aliphatic rings. The highest BCUT2D eigenvalue weighted by atomic mass is 32.1. The molecule has 190 valence electrons. The Morgan fingerprint density at radius 3 is 2.51 bits per heavy atom. The maximum absolute atomic E-state index is 12.0. The van der Waals surface area contributed by atoms with Crippen LogP contribution in [0.3, 0.4) is 0 Å². The van der Waals surface area contributed by atoms with Gasteiger partial charge >= 0.3 is 12.1 Å². The Morgan fingerprint density at radius 1 is 1.11 bits per heavy atom. The first-order chi connectivity index (χ1) is 17.9. The van der Waals surface area contributed by atoms with Gasteiger partial charge in [0.1, 0.15) is 5.60 Å². The van der Waals surface area contributed by atoms with Gasteiger partial charge in [-0.3, -0.25) is 10.3 Å². The number of rotatable bonds is 5. The molecule has 4 N–H and O–H groups in total. The van der Waals surface area contributed by atoms with Crippen molar-refractivity contribution in [1.29, 1.82) is 0 Å². The first kappa shape index (κ1) is 24.5. The summed E-state index contributed by atoms with van der Waals surface area (Å²) in [6.07, 6.45) is 4.48. The molecule has 5 rings (SSSR count). The lowest BCUT2D eigenvalue weighted by Crippen LogP contribution is -2.45. The number of hydrogen-bond acceptors (Lipinski definition) is 8. The molecule has 1 fully saturated rings. The average molecular weight is 520 g/mol. The molecule has 3 amide bonds. The van der Waals surface area contributed by atoms with Crippen LogP contribution in [0.1, 0.15) is 25.6 Å². The van der Waals surface area contributed by atoms with Crippen LogP contribution in [0.2, 0.25) is 0 Å². The number of hydrogen-bond donors (Lipinski definition) is 4. The minimum atomic E-state index is -1.28. The van der Waals surface area contributed by atoms with Crippen molar-refractivity contribution in [3.63, 3.8) is 0 Å². The van der Waals surface area contributed by atoms with Gasteiger partial charge in [0.25, 0.3) is 0 Å². The number of likely N-dealkylation sites (tertiary alicyclic amines) is 1. The summed E-state index contributed by atoms with van der Waals surface area (Å²) in [6.45, 7) is 2.78. The first-order valence-corrected chi connectivity index (χ1v) is 12.6. The second kappa shape index (κ2) is 10.1. The van der Waals surface area contributed by atoms with E-state index in [4.69, 9.17) is 0 Å². The zero-order valence-corrected chi connectivity index (χ0v) is 20.8. The number of benzene rings is 1. The van der Waals surface area contributed by atoms with Crippen LogP contribution in [0.4, 0.5) is 14.7 Å². The number of amides is 3. The molecule has 37 heavy (non-hydrogen) atoms. The molecule has 4 heterocycles. The number of pyridine rings is 1. The molecular weight excluding hydrogens is 494 g/mol. The zero-order valence-electron chi connectivity index (χ0n) is 20.0. The Hall–Kier alpha value is -4.16. The summed E-state index contributed by atoms with van der Waals surface area (Å²) < 4.78 is 0.881. The lowest BCUT2D eigenvalue weighted by Gasteiger charge is -2.35. The van der Waals surface area contributed by atoms with Crippen molar-refractivity contribution >= 4 is 38.8 Å². The van der Waals surface area contributed by atoms with Crippen molar-refractivity contribution in [3.8, 4) is 22.4 Å². The van der Waals surface area contributed by atoms with Crippen molar-refractivity contribution in [1.82, 2.24) is 30.2 Å². The fourth-order valence-electron chi connectivity index (χ4n) is 4.28. The highest BCUT2D eigenvalue weighted by Gasteiger charge is 2.37. The van der Waals surface area contributed by atoms with Crippen molar-refractivity contribution in [2.24, 2.45) is 0 Å². The number of piperidine rings is 1. The van der Waals surface area contributed by atoms with Gasteiger partial charge in [0.15, 0.2) is 11.0 Å². The molecule has 0 bridgehead atoms. The van der Waals surface area contributed by atoms with Crippen LogP contribution in [0.15, 0.2) is 48.9 Å². The lowest BCUT2D eigenvalue weighted by atomic mass is 9.90.